The molecular weight excluding hydrogens is 1730 g/mol. The number of ether oxygens (including phenoxy) is 3. The number of unbranched alkanes of at least 4 members (excludes halogenated alkanes) is 1. The van der Waals surface area contributed by atoms with Crippen LogP contribution in [0, 0.1) is 0 Å². The SMILES string of the molecule is CCCOCC[C@@H]1NC(=O)[C@H](Cc2ccc(CNC(=O)COCCOCCNC(=O)CCC(C(=O)O)N3CCN(CC(=O)O)CCN(CC(=O)O)CC3)cc2)NC(=O)[C@H](Cc2ccccc2)N(C)C(=O)CNC(=O)CNC(=O)[C@H]2CCCN2C(=O)[C@H](CC(=O)O)NC(=O)[C@H](CCCCNC(=O)N2CCN(CC(=O)O)CC2)NC(=O)CNC(=O)[C@H](Cc2c[nH]c3ccccc23)NC1=O. The fourth-order valence-corrected chi connectivity index (χ4v) is 15.5. The zero-order chi connectivity index (χ0) is 95.6. The number of H-pyrrole nitrogens is 1. The minimum absolute atomic E-state index is 0.00764. The lowest BCUT2D eigenvalue weighted by molar-refractivity contribution is -0.146. The zero-order valence-electron chi connectivity index (χ0n) is 74.2. The van der Waals surface area contributed by atoms with Crippen molar-refractivity contribution in [3.63, 3.8) is 0 Å². The fraction of sp³-hybridized carbons (Fsp3) is 0.563. The van der Waals surface area contributed by atoms with Gasteiger partial charge in [-0.15, -0.1) is 0 Å². The molecule has 14 amide bonds. The predicted octanol–water partition coefficient (Wildman–Crippen LogP) is -4.24. The molecule has 45 nitrogen and oxygen atoms in total. The van der Waals surface area contributed by atoms with E-state index in [1.807, 2.05) is 6.92 Å². The van der Waals surface area contributed by atoms with Gasteiger partial charge in [0.15, 0.2) is 0 Å². The monoisotopic (exact) mass is 1850 g/mol. The molecule has 0 bridgehead atoms. The zero-order valence-corrected chi connectivity index (χ0v) is 74.2. The predicted molar refractivity (Wildman–Crippen MR) is 470 cm³/mol. The van der Waals surface area contributed by atoms with Crippen LogP contribution >= 0.6 is 0 Å². The summed E-state index contributed by atoms with van der Waals surface area (Å²) in [7, 11) is 1.30. The number of benzene rings is 3. The number of aromatic amines is 1. The lowest BCUT2D eigenvalue weighted by Crippen LogP contribution is -2.60. The van der Waals surface area contributed by atoms with Crippen molar-refractivity contribution >= 4 is 118 Å². The van der Waals surface area contributed by atoms with Gasteiger partial charge in [0.1, 0.15) is 54.9 Å². The number of carbonyl (C=O) groups is 18. The quantitative estimate of drug-likeness (QED) is 0.0188. The van der Waals surface area contributed by atoms with E-state index < -0.39 is 181 Å². The minimum Gasteiger partial charge on any atom is -0.481 e. The Morgan fingerprint density at radius 1 is 0.485 bits per heavy atom. The fourth-order valence-electron chi connectivity index (χ4n) is 15.5. The van der Waals surface area contributed by atoms with Gasteiger partial charge in [0.2, 0.25) is 70.9 Å². The van der Waals surface area contributed by atoms with Gasteiger partial charge in [0, 0.05) is 155 Å². The highest BCUT2D eigenvalue weighted by Gasteiger charge is 2.41. The summed E-state index contributed by atoms with van der Waals surface area (Å²) in [4.78, 5) is 258. The second-order valence-corrected chi connectivity index (χ2v) is 32.5. The van der Waals surface area contributed by atoms with Crippen LogP contribution in [0.4, 0.5) is 4.79 Å². The van der Waals surface area contributed by atoms with E-state index in [-0.39, 0.29) is 208 Å². The Bertz CT molecular complexity index is 4570. The van der Waals surface area contributed by atoms with Crippen molar-refractivity contribution in [2.45, 2.75) is 145 Å². The maximum atomic E-state index is 15.4. The van der Waals surface area contributed by atoms with Crippen molar-refractivity contribution in [2.75, 3.05) is 171 Å². The van der Waals surface area contributed by atoms with Crippen LogP contribution in [0.3, 0.4) is 0 Å². The van der Waals surface area contributed by atoms with E-state index in [9.17, 15) is 97.5 Å². The second kappa shape index (κ2) is 54.7. The number of amides is 14. The van der Waals surface area contributed by atoms with Crippen LogP contribution in [-0.4, -0.2) is 391 Å². The number of likely N-dealkylation sites (N-methyl/N-ethyl adjacent to an activating group) is 1. The van der Waals surface area contributed by atoms with E-state index in [0.717, 1.165) is 9.80 Å². The topological polar surface area (TPSA) is 607 Å². The van der Waals surface area contributed by atoms with E-state index in [0.29, 0.717) is 52.7 Å². The average Bonchev–Trinajstić information content (AvgIpc) is 1.69. The van der Waals surface area contributed by atoms with Gasteiger partial charge in [-0.1, -0.05) is 79.7 Å². The third-order valence-electron chi connectivity index (χ3n) is 22.7. The number of piperazine rings is 1. The molecule has 4 aliphatic rings. The summed E-state index contributed by atoms with van der Waals surface area (Å²) in [6, 6.07) is 9.81. The highest BCUT2D eigenvalue weighted by atomic mass is 16.5. The summed E-state index contributed by atoms with van der Waals surface area (Å²) in [6.45, 7) is 0.859. The molecule has 4 fully saturated rings. The number of fused-ring (bicyclic) bond motifs is 2. The number of para-hydroxylation sites is 1. The number of aliphatic carboxylic acids is 5. The first kappa shape index (κ1) is 105. The molecule has 45 heteroatoms. The molecule has 4 saturated heterocycles. The molecule has 0 spiro atoms. The lowest BCUT2D eigenvalue weighted by atomic mass is 10.00. The summed E-state index contributed by atoms with van der Waals surface area (Å²) >= 11 is 0. The Balaban J connectivity index is 0.974. The normalized spacial score (nSPS) is 21.0. The molecule has 5 heterocycles. The smallest absolute Gasteiger partial charge is 0.320 e. The van der Waals surface area contributed by atoms with Gasteiger partial charge in [-0.3, -0.25) is 101 Å². The molecule has 8 atom stereocenters. The van der Waals surface area contributed by atoms with Crippen molar-refractivity contribution in [3.05, 3.63) is 107 Å². The van der Waals surface area contributed by atoms with Crippen LogP contribution in [-0.2, 0) is 122 Å². The first-order chi connectivity index (χ1) is 63.3. The number of carboxylic acid groups (broad SMARTS) is 5. The van der Waals surface area contributed by atoms with Gasteiger partial charge in [0.05, 0.1) is 65.5 Å². The summed E-state index contributed by atoms with van der Waals surface area (Å²) in [6.07, 6.45) is 0.385. The summed E-state index contributed by atoms with van der Waals surface area (Å²) in [5, 5.41) is 78.1. The number of aromatic nitrogens is 1. The summed E-state index contributed by atoms with van der Waals surface area (Å²) in [5.41, 5.74) is 2.75. The number of urea groups is 1. The molecule has 4 aliphatic heterocycles. The van der Waals surface area contributed by atoms with Gasteiger partial charge in [-0.2, -0.15) is 0 Å². The standard InChI is InChI=1S/C87H123N19O26/c1-3-38-130-39-24-63-81(122)97-65(45-59-48-90-61-15-8-7-14-60(59)61)79(120)93-50-72(109)95-62(16-9-10-25-89-87(129)105-36-32-103(33-37-105)54-78(118)119)80(121)99-66(46-75(112)113)85(126)106-27-11-17-67(106)83(124)94-49-71(108)92-51-74(111)100(2)69(44-56-12-5-4-6-13-56)84(125)98-64(82(123)96-63)43-57-18-20-58(21-19-57)47-91-73(110)55-132-42-41-131-40-26-88-70(107)23-22-68(86(127)128)104-34-30-101(52-76(114)115)28-29-102(31-35-104)53-77(116)117/h4-8,12-15,18-21,48,62-69,90H,3,9-11,16-17,22-47,49-55H2,1-2H3,(H,88,107)(H,89,129)(H,91,110)(H,92,108)(H,93,120)(H,94,124)(H,95,109)(H,96,123)(H,97,122)(H,98,125)(H,99,121)(H,112,113)(H,114,115)(H,116,117)(H,118,119)(H,127,128)/t62-,63-,64-,65-,66-,67+,68?,69-/m0/s1. The molecule has 0 saturated carbocycles. The van der Waals surface area contributed by atoms with Crippen molar-refractivity contribution in [1.29, 1.82) is 0 Å². The molecule has 8 rings (SSSR count). The molecule has 722 valence electrons. The van der Waals surface area contributed by atoms with E-state index in [2.05, 4.69) is 63.5 Å². The van der Waals surface area contributed by atoms with E-state index in [1.165, 1.54) is 11.9 Å². The van der Waals surface area contributed by atoms with Gasteiger partial charge in [-0.25, -0.2) is 4.79 Å². The van der Waals surface area contributed by atoms with Crippen molar-refractivity contribution in [2.24, 2.45) is 0 Å². The first-order valence-corrected chi connectivity index (χ1v) is 44.2. The maximum Gasteiger partial charge on any atom is 0.320 e. The van der Waals surface area contributed by atoms with Crippen LogP contribution in [0.15, 0.2) is 85.1 Å². The Labute approximate surface area is 761 Å². The van der Waals surface area contributed by atoms with Gasteiger partial charge < -0.3 is 118 Å². The third-order valence-corrected chi connectivity index (χ3v) is 22.7. The number of carboxylic acids is 5. The molecule has 3 aromatic carbocycles. The Kier molecular flexibility index (Phi) is 43.4. The summed E-state index contributed by atoms with van der Waals surface area (Å²) in [5.74, 6) is -16.1. The first-order valence-electron chi connectivity index (χ1n) is 44.2. The van der Waals surface area contributed by atoms with E-state index >= 15 is 14.4 Å². The second-order valence-electron chi connectivity index (χ2n) is 32.5. The number of nitrogens with one attached hydrogen (secondary N) is 12. The highest BCUT2D eigenvalue weighted by molar-refractivity contribution is 6.00. The van der Waals surface area contributed by atoms with Crippen molar-refractivity contribution in [1.82, 2.24) is 97.8 Å². The minimum atomic E-state index is -1.84. The largest absolute Gasteiger partial charge is 0.481 e. The van der Waals surface area contributed by atoms with E-state index in [4.69, 9.17) is 14.2 Å². The van der Waals surface area contributed by atoms with Crippen LogP contribution in [0.1, 0.15) is 93.4 Å². The van der Waals surface area contributed by atoms with Crippen LogP contribution in [0.2, 0.25) is 0 Å². The molecule has 1 unspecified atom stereocenters. The van der Waals surface area contributed by atoms with Crippen LogP contribution < -0.4 is 58.5 Å². The van der Waals surface area contributed by atoms with Crippen molar-refractivity contribution < 1.29 is 126 Å². The Morgan fingerprint density at radius 2 is 1.05 bits per heavy atom. The molecule has 4 aromatic rings. The lowest BCUT2D eigenvalue weighted by Gasteiger charge is -2.33. The number of hydrogen-bond acceptors (Lipinski definition) is 25. The van der Waals surface area contributed by atoms with E-state index in [1.54, 1.807) is 105 Å². The molecule has 0 radical (unpaired) electrons. The Hall–Kier alpha value is -12.8. The van der Waals surface area contributed by atoms with Crippen LogP contribution in [0.5, 0.6) is 0 Å². The number of rotatable bonds is 39. The number of hydrogen-bond donors (Lipinski definition) is 17. The van der Waals surface area contributed by atoms with Crippen molar-refractivity contribution in [3.8, 4) is 0 Å². The average molecular weight is 1850 g/mol. The molecular formula is C87H123N19O26. The van der Waals surface area contributed by atoms with Gasteiger partial charge in [-0.05, 0) is 79.7 Å². The Morgan fingerprint density at radius 3 is 1.71 bits per heavy atom. The van der Waals surface area contributed by atoms with Gasteiger partial charge >= 0.3 is 35.9 Å². The molecule has 17 N–H and O–H groups in total. The maximum absolute atomic E-state index is 15.4. The van der Waals surface area contributed by atoms with Gasteiger partial charge in [0.25, 0.3) is 0 Å². The molecule has 132 heavy (non-hydrogen) atoms. The number of carbonyl (C=O) groups excluding carboxylic acids is 13. The summed E-state index contributed by atoms with van der Waals surface area (Å²) < 4.78 is 16.9. The molecule has 1 aromatic heterocycles. The highest BCUT2D eigenvalue weighted by Crippen LogP contribution is 2.23. The molecule has 0 aliphatic carbocycles. The third kappa shape index (κ3) is 35.8. The number of nitrogens with zero attached hydrogens (tertiary/aromatic N) is 7. The van der Waals surface area contributed by atoms with Crippen LogP contribution in [0.25, 0.3) is 10.9 Å².